The summed E-state index contributed by atoms with van der Waals surface area (Å²) in [6.07, 6.45) is 2.02. The van der Waals surface area contributed by atoms with Crippen molar-refractivity contribution >= 4 is 16.8 Å². The van der Waals surface area contributed by atoms with E-state index in [4.69, 9.17) is 4.74 Å². The molecule has 1 N–H and O–H groups in total. The molecule has 0 aliphatic carbocycles. The zero-order valence-electron chi connectivity index (χ0n) is 15.0. The molecule has 0 saturated carbocycles. The Morgan fingerprint density at radius 3 is 2.62 bits per heavy atom. The predicted octanol–water partition coefficient (Wildman–Crippen LogP) is 2.79. The number of nitrogens with zero attached hydrogens (tertiary/aromatic N) is 2. The molecule has 0 bridgehead atoms. The lowest BCUT2D eigenvalue weighted by molar-refractivity contribution is 0.0893. The van der Waals surface area contributed by atoms with Gasteiger partial charge >= 0.3 is 0 Å². The standard InChI is InChI=1S/C19H27N3O2/c1-13(2)22-10-8-14(9-11-22)20-19(23)17-12-15-16(21(17)3)6-5-7-18(15)24-4/h5-7,12-14H,8-11H2,1-4H3,(H,20,23). The average Bonchev–Trinajstić information content (AvgIpc) is 2.92. The maximum atomic E-state index is 12.7. The Hall–Kier alpha value is -2.01. The Kier molecular flexibility index (Phi) is 4.81. The Bertz CT molecular complexity index is 728. The highest BCUT2D eigenvalue weighted by atomic mass is 16.5. The quantitative estimate of drug-likeness (QED) is 0.938. The van der Waals surface area contributed by atoms with Gasteiger partial charge in [-0.3, -0.25) is 4.79 Å². The number of likely N-dealkylation sites (tertiary alicyclic amines) is 1. The van der Waals surface area contributed by atoms with Crippen LogP contribution in [-0.2, 0) is 7.05 Å². The molecule has 0 unspecified atom stereocenters. The van der Waals surface area contributed by atoms with E-state index in [0.29, 0.717) is 11.7 Å². The lowest BCUT2D eigenvalue weighted by Crippen LogP contribution is -2.46. The minimum Gasteiger partial charge on any atom is -0.496 e. The molecule has 24 heavy (non-hydrogen) atoms. The summed E-state index contributed by atoms with van der Waals surface area (Å²) in [6, 6.07) is 8.64. The maximum absolute atomic E-state index is 12.7. The van der Waals surface area contributed by atoms with Crippen LogP contribution in [0.15, 0.2) is 24.3 Å². The molecule has 1 amide bonds. The van der Waals surface area contributed by atoms with E-state index in [-0.39, 0.29) is 11.9 Å². The normalized spacial score (nSPS) is 16.7. The number of hydrogen-bond donors (Lipinski definition) is 1. The summed E-state index contributed by atoms with van der Waals surface area (Å²) >= 11 is 0. The van der Waals surface area contributed by atoms with E-state index in [9.17, 15) is 4.79 Å². The summed E-state index contributed by atoms with van der Waals surface area (Å²) in [5.41, 5.74) is 1.69. The Balaban J connectivity index is 1.74. The van der Waals surface area contributed by atoms with E-state index >= 15 is 0 Å². The zero-order valence-corrected chi connectivity index (χ0v) is 15.0. The SMILES string of the molecule is COc1cccc2c1cc(C(=O)NC1CCN(C(C)C)CC1)n2C. The number of rotatable bonds is 4. The number of aryl methyl sites for hydroxylation is 1. The minimum atomic E-state index is -0.00116. The molecular weight excluding hydrogens is 302 g/mol. The van der Waals surface area contributed by atoms with Crippen LogP contribution in [0.2, 0.25) is 0 Å². The first-order valence-electron chi connectivity index (χ1n) is 8.68. The van der Waals surface area contributed by atoms with Gasteiger partial charge in [-0.25, -0.2) is 0 Å². The number of fused-ring (bicyclic) bond motifs is 1. The first-order valence-corrected chi connectivity index (χ1v) is 8.68. The number of ether oxygens (including phenoxy) is 1. The highest BCUT2D eigenvalue weighted by Crippen LogP contribution is 2.28. The first kappa shape index (κ1) is 16.8. The summed E-state index contributed by atoms with van der Waals surface area (Å²) in [6.45, 7) is 6.54. The fourth-order valence-electron chi connectivity index (χ4n) is 3.55. The van der Waals surface area contributed by atoms with E-state index in [2.05, 4.69) is 24.1 Å². The van der Waals surface area contributed by atoms with Crippen molar-refractivity contribution < 1.29 is 9.53 Å². The fraction of sp³-hybridized carbons (Fsp3) is 0.526. The van der Waals surface area contributed by atoms with Crippen LogP contribution in [0, 0.1) is 0 Å². The number of benzene rings is 1. The van der Waals surface area contributed by atoms with Gasteiger partial charge in [-0.05, 0) is 44.9 Å². The van der Waals surface area contributed by atoms with Crippen molar-refractivity contribution in [1.29, 1.82) is 0 Å². The number of piperidine rings is 1. The van der Waals surface area contributed by atoms with Crippen LogP contribution < -0.4 is 10.1 Å². The largest absolute Gasteiger partial charge is 0.496 e. The van der Waals surface area contributed by atoms with Gasteiger partial charge in [-0.1, -0.05) is 6.07 Å². The van der Waals surface area contributed by atoms with Crippen molar-refractivity contribution in [1.82, 2.24) is 14.8 Å². The lowest BCUT2D eigenvalue weighted by Gasteiger charge is -2.34. The number of amides is 1. The summed E-state index contributed by atoms with van der Waals surface area (Å²) in [5, 5.41) is 4.18. The third-order valence-electron chi connectivity index (χ3n) is 5.09. The van der Waals surface area contributed by atoms with Crippen molar-refractivity contribution in [2.45, 2.75) is 38.8 Å². The van der Waals surface area contributed by atoms with Gasteiger partial charge in [-0.15, -0.1) is 0 Å². The van der Waals surface area contributed by atoms with Crippen molar-refractivity contribution in [3.05, 3.63) is 30.0 Å². The van der Waals surface area contributed by atoms with Crippen LogP contribution >= 0.6 is 0 Å². The minimum absolute atomic E-state index is 0.00116. The number of hydrogen-bond acceptors (Lipinski definition) is 3. The van der Waals surface area contributed by atoms with Crippen LogP contribution in [0.1, 0.15) is 37.2 Å². The Morgan fingerprint density at radius 2 is 2.00 bits per heavy atom. The van der Waals surface area contributed by atoms with Crippen LogP contribution in [0.5, 0.6) is 5.75 Å². The summed E-state index contributed by atoms with van der Waals surface area (Å²) in [4.78, 5) is 15.2. The summed E-state index contributed by atoms with van der Waals surface area (Å²) in [5.74, 6) is 0.797. The third kappa shape index (κ3) is 3.13. The number of aromatic nitrogens is 1. The fourth-order valence-corrected chi connectivity index (χ4v) is 3.55. The highest BCUT2D eigenvalue weighted by Gasteiger charge is 2.24. The van der Waals surface area contributed by atoms with Crippen molar-refractivity contribution in [2.24, 2.45) is 7.05 Å². The van der Waals surface area contributed by atoms with Crippen molar-refractivity contribution in [2.75, 3.05) is 20.2 Å². The molecule has 0 spiro atoms. The van der Waals surface area contributed by atoms with E-state index in [0.717, 1.165) is 42.6 Å². The van der Waals surface area contributed by atoms with Crippen LogP contribution in [0.25, 0.3) is 10.9 Å². The molecule has 1 aliphatic rings. The molecule has 0 atom stereocenters. The highest BCUT2D eigenvalue weighted by molar-refractivity contribution is 6.00. The molecule has 2 heterocycles. The van der Waals surface area contributed by atoms with E-state index < -0.39 is 0 Å². The molecule has 1 aliphatic heterocycles. The Morgan fingerprint density at radius 1 is 1.29 bits per heavy atom. The van der Waals surface area contributed by atoms with Crippen molar-refractivity contribution in [3.63, 3.8) is 0 Å². The molecule has 5 heteroatoms. The molecule has 2 aromatic rings. The molecule has 1 fully saturated rings. The number of methoxy groups -OCH3 is 1. The molecule has 1 aromatic carbocycles. The van der Waals surface area contributed by atoms with Crippen molar-refractivity contribution in [3.8, 4) is 5.75 Å². The zero-order chi connectivity index (χ0) is 17.3. The second-order valence-corrected chi connectivity index (χ2v) is 6.86. The van der Waals surface area contributed by atoms with Crippen LogP contribution in [-0.4, -0.2) is 47.7 Å². The summed E-state index contributed by atoms with van der Waals surface area (Å²) < 4.78 is 7.35. The van der Waals surface area contributed by atoms with E-state index in [1.165, 1.54) is 0 Å². The molecule has 1 aromatic heterocycles. The van der Waals surface area contributed by atoms with Gasteiger partial charge in [0.15, 0.2) is 0 Å². The molecular formula is C19H27N3O2. The molecule has 0 radical (unpaired) electrons. The lowest BCUT2D eigenvalue weighted by atomic mass is 10.0. The second-order valence-electron chi connectivity index (χ2n) is 6.86. The smallest absolute Gasteiger partial charge is 0.268 e. The number of carbonyl (C=O) groups excluding carboxylic acids is 1. The van der Waals surface area contributed by atoms with Gasteiger partial charge in [0.05, 0.1) is 12.6 Å². The van der Waals surface area contributed by atoms with Gasteiger partial charge in [0.1, 0.15) is 11.4 Å². The van der Waals surface area contributed by atoms with Crippen LogP contribution in [0.3, 0.4) is 0 Å². The number of carbonyl (C=O) groups is 1. The molecule has 130 valence electrons. The maximum Gasteiger partial charge on any atom is 0.268 e. The first-order chi connectivity index (χ1) is 11.5. The molecule has 5 nitrogen and oxygen atoms in total. The second kappa shape index (κ2) is 6.85. The van der Waals surface area contributed by atoms with Gasteiger partial charge in [-0.2, -0.15) is 0 Å². The number of nitrogens with one attached hydrogen (secondary N) is 1. The van der Waals surface area contributed by atoms with Gasteiger partial charge < -0.3 is 19.5 Å². The Labute approximate surface area is 143 Å². The summed E-state index contributed by atoms with van der Waals surface area (Å²) in [7, 11) is 3.59. The third-order valence-corrected chi connectivity index (χ3v) is 5.09. The van der Waals surface area contributed by atoms with Crippen LogP contribution in [0.4, 0.5) is 0 Å². The van der Waals surface area contributed by atoms with Gasteiger partial charge in [0.25, 0.3) is 5.91 Å². The van der Waals surface area contributed by atoms with Gasteiger partial charge in [0.2, 0.25) is 0 Å². The topological polar surface area (TPSA) is 46.5 Å². The van der Waals surface area contributed by atoms with E-state index in [1.807, 2.05) is 35.9 Å². The average molecular weight is 329 g/mol. The monoisotopic (exact) mass is 329 g/mol. The van der Waals surface area contributed by atoms with Gasteiger partial charge in [0, 0.05) is 37.6 Å². The molecule has 3 rings (SSSR count). The molecule has 1 saturated heterocycles. The van der Waals surface area contributed by atoms with E-state index in [1.54, 1.807) is 7.11 Å². The predicted molar refractivity (Wildman–Crippen MR) is 96.7 cm³/mol.